The van der Waals surface area contributed by atoms with Crippen LogP contribution in [0.5, 0.6) is 0 Å². The van der Waals surface area contributed by atoms with Crippen molar-refractivity contribution in [2.75, 3.05) is 47.4 Å². The van der Waals surface area contributed by atoms with Crippen LogP contribution in [-0.4, -0.2) is 75.2 Å². The number of likely N-dealkylation sites (N-methyl/N-ethyl adjacent to an activating group) is 2. The first-order valence-electron chi connectivity index (χ1n) is 6.31. The van der Waals surface area contributed by atoms with Gasteiger partial charge in [-0.05, 0) is 41.0 Å². The molecule has 5 nitrogen and oxygen atoms in total. The normalized spacial score (nSPS) is 23.0. The smallest absolute Gasteiger partial charge is 0.324 e. The molecule has 0 amide bonds. The number of hydrogen-bond donors (Lipinski definition) is 1. The lowest BCUT2D eigenvalue weighted by Crippen LogP contribution is -2.45. The average Bonchev–Trinajstić information content (AvgIpc) is 2.74. The van der Waals surface area contributed by atoms with Gasteiger partial charge in [-0.1, -0.05) is 0 Å². The summed E-state index contributed by atoms with van der Waals surface area (Å²) in [6.07, 6.45) is 1.17. The fourth-order valence-electron chi connectivity index (χ4n) is 2.18. The zero-order valence-corrected chi connectivity index (χ0v) is 11.4. The molecule has 0 radical (unpaired) electrons. The van der Waals surface area contributed by atoms with Gasteiger partial charge in [-0.15, -0.1) is 0 Å². The molecule has 0 saturated carbocycles. The molecule has 1 heterocycles. The molecule has 100 valence electrons. The maximum atomic E-state index is 11.7. The first-order chi connectivity index (χ1) is 8.08. The largest absolute Gasteiger partial charge is 0.465 e. The minimum Gasteiger partial charge on any atom is -0.465 e. The van der Waals surface area contributed by atoms with Crippen LogP contribution in [0.15, 0.2) is 0 Å². The average molecular weight is 243 g/mol. The molecule has 0 aromatic rings. The highest BCUT2D eigenvalue weighted by Gasteiger charge is 2.28. The minimum atomic E-state index is -0.212. The van der Waals surface area contributed by atoms with E-state index in [4.69, 9.17) is 4.74 Å². The van der Waals surface area contributed by atoms with Crippen LogP contribution in [0.1, 0.15) is 13.3 Å². The van der Waals surface area contributed by atoms with Crippen LogP contribution in [0.2, 0.25) is 0 Å². The summed E-state index contributed by atoms with van der Waals surface area (Å²) in [7, 11) is 6.02. The van der Waals surface area contributed by atoms with Crippen molar-refractivity contribution in [3.8, 4) is 0 Å². The molecule has 2 atom stereocenters. The Morgan fingerprint density at radius 1 is 1.59 bits per heavy atom. The van der Waals surface area contributed by atoms with Gasteiger partial charge in [0, 0.05) is 19.1 Å². The lowest BCUT2D eigenvalue weighted by atomic mass is 10.2. The topological polar surface area (TPSA) is 44.8 Å². The predicted molar refractivity (Wildman–Crippen MR) is 68.0 cm³/mol. The van der Waals surface area contributed by atoms with E-state index in [0.29, 0.717) is 12.6 Å². The van der Waals surface area contributed by atoms with Gasteiger partial charge >= 0.3 is 5.97 Å². The second kappa shape index (κ2) is 6.93. The Kier molecular flexibility index (Phi) is 5.88. The molecule has 2 unspecified atom stereocenters. The maximum absolute atomic E-state index is 11.7. The summed E-state index contributed by atoms with van der Waals surface area (Å²) < 4.78 is 5.04. The zero-order valence-electron chi connectivity index (χ0n) is 11.4. The van der Waals surface area contributed by atoms with E-state index in [2.05, 4.69) is 29.2 Å². The van der Waals surface area contributed by atoms with Gasteiger partial charge in [0.2, 0.25) is 0 Å². The molecular weight excluding hydrogens is 218 g/mol. The van der Waals surface area contributed by atoms with E-state index < -0.39 is 0 Å². The lowest BCUT2D eigenvalue weighted by Gasteiger charge is -2.23. The molecule has 0 spiro atoms. The van der Waals surface area contributed by atoms with Crippen molar-refractivity contribution in [1.29, 1.82) is 0 Å². The highest BCUT2D eigenvalue weighted by Crippen LogP contribution is 2.13. The summed E-state index contributed by atoms with van der Waals surface area (Å²) in [6, 6.07) is 0.394. The molecule has 1 saturated heterocycles. The Hall–Kier alpha value is -0.650. The van der Waals surface area contributed by atoms with E-state index in [1.54, 1.807) is 7.05 Å². The number of likely N-dealkylation sites (tertiary alicyclic amines) is 1. The van der Waals surface area contributed by atoms with Crippen LogP contribution >= 0.6 is 0 Å². The fraction of sp³-hybridized carbons (Fsp3) is 0.917. The highest BCUT2D eigenvalue weighted by atomic mass is 16.5. The molecule has 1 aliphatic rings. The second-order valence-electron chi connectivity index (χ2n) is 4.76. The summed E-state index contributed by atoms with van der Waals surface area (Å²) in [5.41, 5.74) is 0. The SMILES string of the molecule is CCOC(=O)C(CN1CCC(N(C)C)C1)NC. The van der Waals surface area contributed by atoms with Gasteiger partial charge in [-0.2, -0.15) is 0 Å². The molecule has 1 rings (SSSR count). The van der Waals surface area contributed by atoms with Gasteiger partial charge in [0.1, 0.15) is 6.04 Å². The van der Waals surface area contributed by atoms with Crippen molar-refractivity contribution in [2.45, 2.75) is 25.4 Å². The third-order valence-corrected chi connectivity index (χ3v) is 3.34. The van der Waals surface area contributed by atoms with Gasteiger partial charge in [0.05, 0.1) is 6.61 Å². The zero-order chi connectivity index (χ0) is 12.8. The summed E-state index contributed by atoms with van der Waals surface area (Å²) in [4.78, 5) is 16.2. The van der Waals surface area contributed by atoms with Gasteiger partial charge in [0.25, 0.3) is 0 Å². The lowest BCUT2D eigenvalue weighted by molar-refractivity contribution is -0.146. The van der Waals surface area contributed by atoms with Crippen molar-refractivity contribution < 1.29 is 9.53 Å². The maximum Gasteiger partial charge on any atom is 0.324 e. The van der Waals surface area contributed by atoms with E-state index in [0.717, 1.165) is 19.6 Å². The van der Waals surface area contributed by atoms with E-state index in [-0.39, 0.29) is 12.0 Å². The minimum absolute atomic E-state index is 0.150. The first-order valence-corrected chi connectivity index (χ1v) is 6.31. The summed E-state index contributed by atoms with van der Waals surface area (Å²) in [5, 5.41) is 3.03. The van der Waals surface area contributed by atoms with Crippen LogP contribution in [0.4, 0.5) is 0 Å². The van der Waals surface area contributed by atoms with Crippen molar-refractivity contribution in [1.82, 2.24) is 15.1 Å². The third kappa shape index (κ3) is 4.26. The Morgan fingerprint density at radius 2 is 2.29 bits per heavy atom. The highest BCUT2D eigenvalue weighted by molar-refractivity contribution is 5.76. The molecule has 17 heavy (non-hydrogen) atoms. The Morgan fingerprint density at radius 3 is 2.76 bits per heavy atom. The van der Waals surface area contributed by atoms with Crippen LogP contribution in [0, 0.1) is 0 Å². The van der Waals surface area contributed by atoms with Gasteiger partial charge in [-0.25, -0.2) is 0 Å². The molecular formula is C12H25N3O2. The monoisotopic (exact) mass is 243 g/mol. The molecule has 0 aromatic heterocycles. The molecule has 5 heteroatoms. The van der Waals surface area contributed by atoms with Crippen molar-refractivity contribution in [2.24, 2.45) is 0 Å². The van der Waals surface area contributed by atoms with Gasteiger partial charge < -0.3 is 15.0 Å². The quantitative estimate of drug-likeness (QED) is 0.653. The number of carbonyl (C=O) groups is 1. The summed E-state index contributed by atoms with van der Waals surface area (Å²) in [6.45, 7) is 5.10. The van der Waals surface area contributed by atoms with Gasteiger partial charge in [-0.3, -0.25) is 9.69 Å². The molecule has 1 fully saturated rings. The van der Waals surface area contributed by atoms with E-state index in [9.17, 15) is 4.79 Å². The van der Waals surface area contributed by atoms with Crippen molar-refractivity contribution in [3.63, 3.8) is 0 Å². The first kappa shape index (κ1) is 14.4. The number of nitrogens with one attached hydrogen (secondary N) is 1. The Labute approximate surface area is 104 Å². The Bertz CT molecular complexity index is 246. The van der Waals surface area contributed by atoms with E-state index in [1.165, 1.54) is 6.42 Å². The standard InChI is InChI=1S/C12H25N3O2/c1-5-17-12(16)11(13-2)9-15-7-6-10(8-15)14(3)4/h10-11,13H,5-9H2,1-4H3. The van der Waals surface area contributed by atoms with Crippen molar-refractivity contribution in [3.05, 3.63) is 0 Å². The van der Waals surface area contributed by atoms with Crippen LogP contribution in [0.3, 0.4) is 0 Å². The second-order valence-corrected chi connectivity index (χ2v) is 4.76. The molecule has 0 aliphatic carbocycles. The summed E-state index contributed by atoms with van der Waals surface area (Å²) in [5.74, 6) is -0.150. The van der Waals surface area contributed by atoms with Crippen LogP contribution < -0.4 is 5.32 Å². The molecule has 1 N–H and O–H groups in total. The molecule has 1 aliphatic heterocycles. The Balaban J connectivity index is 2.39. The fourth-order valence-corrected chi connectivity index (χ4v) is 2.18. The number of esters is 1. The van der Waals surface area contributed by atoms with E-state index >= 15 is 0 Å². The third-order valence-electron chi connectivity index (χ3n) is 3.34. The number of carbonyl (C=O) groups excluding carboxylic acids is 1. The predicted octanol–water partition coefficient (Wildman–Crippen LogP) is -0.227. The van der Waals surface area contributed by atoms with Gasteiger partial charge in [0.15, 0.2) is 0 Å². The summed E-state index contributed by atoms with van der Waals surface area (Å²) >= 11 is 0. The van der Waals surface area contributed by atoms with Crippen LogP contribution in [-0.2, 0) is 9.53 Å². The number of nitrogens with zero attached hydrogens (tertiary/aromatic N) is 2. The number of ether oxygens (including phenoxy) is 1. The number of rotatable bonds is 6. The van der Waals surface area contributed by atoms with E-state index in [1.807, 2.05) is 6.92 Å². The molecule has 0 bridgehead atoms. The van der Waals surface area contributed by atoms with Crippen LogP contribution in [0.25, 0.3) is 0 Å². The molecule has 0 aromatic carbocycles. The number of hydrogen-bond acceptors (Lipinski definition) is 5. The van der Waals surface area contributed by atoms with Crippen molar-refractivity contribution >= 4 is 5.97 Å².